The molecule has 0 saturated carbocycles. The highest BCUT2D eigenvalue weighted by Gasteiger charge is 2.21. The normalized spacial score (nSPS) is 16.5. The van der Waals surface area contributed by atoms with Gasteiger partial charge in [-0.25, -0.2) is 0 Å². The second-order valence-corrected chi connectivity index (χ2v) is 5.71. The van der Waals surface area contributed by atoms with Gasteiger partial charge in [0.1, 0.15) is 0 Å². The number of nitrogens with zero attached hydrogens (tertiary/aromatic N) is 2. The first-order valence-electron chi connectivity index (χ1n) is 6.06. The number of anilines is 1. The molecule has 1 aromatic heterocycles. The van der Waals surface area contributed by atoms with Gasteiger partial charge < -0.3 is 9.80 Å². The Kier molecular flexibility index (Phi) is 3.57. The number of aryl methyl sites for hydroxylation is 1. The van der Waals surface area contributed by atoms with Crippen molar-refractivity contribution in [2.45, 2.75) is 20.3 Å². The summed E-state index contributed by atoms with van der Waals surface area (Å²) in [6.07, 6.45) is 1.02. The molecule has 17 heavy (non-hydrogen) atoms. The van der Waals surface area contributed by atoms with Gasteiger partial charge in [-0.05, 0) is 25.5 Å². The minimum atomic E-state index is 0.906. The van der Waals surface area contributed by atoms with E-state index < -0.39 is 0 Å². The van der Waals surface area contributed by atoms with Crippen molar-refractivity contribution in [2.24, 2.45) is 0 Å². The van der Waals surface area contributed by atoms with E-state index in [-0.39, 0.29) is 0 Å². The molecule has 0 spiro atoms. The summed E-state index contributed by atoms with van der Waals surface area (Å²) < 4.78 is 0. The summed E-state index contributed by atoms with van der Waals surface area (Å²) in [5.41, 5.74) is 2.39. The standard InChI is InChI=1S/C14H20N2S/c1-5-11(2)15-8-9-16(12(3)10-15)14-7-6-13(4)17-14/h6-7H,2-3,5,8-10H2,1,4H3. The average molecular weight is 248 g/mol. The topological polar surface area (TPSA) is 6.48 Å². The summed E-state index contributed by atoms with van der Waals surface area (Å²) in [4.78, 5) is 6.02. The molecule has 0 unspecified atom stereocenters. The third kappa shape index (κ3) is 2.55. The summed E-state index contributed by atoms with van der Waals surface area (Å²) in [5, 5.41) is 1.31. The Bertz CT molecular complexity index is 433. The zero-order valence-corrected chi connectivity index (χ0v) is 11.5. The van der Waals surface area contributed by atoms with Crippen molar-refractivity contribution in [1.29, 1.82) is 0 Å². The van der Waals surface area contributed by atoms with E-state index in [9.17, 15) is 0 Å². The lowest BCUT2D eigenvalue weighted by molar-refractivity contribution is 0.342. The molecule has 2 nitrogen and oxygen atoms in total. The molecule has 2 heterocycles. The third-order valence-electron chi connectivity index (χ3n) is 3.20. The van der Waals surface area contributed by atoms with Crippen molar-refractivity contribution in [1.82, 2.24) is 4.90 Å². The Morgan fingerprint density at radius 1 is 1.41 bits per heavy atom. The van der Waals surface area contributed by atoms with Gasteiger partial charge in [0.2, 0.25) is 0 Å². The molecule has 1 aliphatic heterocycles. The van der Waals surface area contributed by atoms with Crippen molar-refractivity contribution >= 4 is 16.3 Å². The van der Waals surface area contributed by atoms with Gasteiger partial charge in [-0.3, -0.25) is 0 Å². The number of thiophene rings is 1. The zero-order valence-electron chi connectivity index (χ0n) is 10.7. The molecule has 0 amide bonds. The minimum absolute atomic E-state index is 0.906. The van der Waals surface area contributed by atoms with Gasteiger partial charge in [-0.2, -0.15) is 0 Å². The summed E-state index contributed by atoms with van der Waals surface area (Å²) >= 11 is 1.84. The maximum absolute atomic E-state index is 4.20. The molecular formula is C14H20N2S. The number of rotatable bonds is 3. The quantitative estimate of drug-likeness (QED) is 0.806. The van der Waals surface area contributed by atoms with Crippen LogP contribution in [0.3, 0.4) is 0 Å². The molecule has 0 atom stereocenters. The molecule has 0 bridgehead atoms. The van der Waals surface area contributed by atoms with Gasteiger partial charge in [-0.1, -0.05) is 20.1 Å². The maximum Gasteiger partial charge on any atom is 0.0954 e. The first-order valence-corrected chi connectivity index (χ1v) is 6.88. The largest absolute Gasteiger partial charge is 0.368 e. The van der Waals surface area contributed by atoms with E-state index in [0.717, 1.165) is 26.1 Å². The van der Waals surface area contributed by atoms with Gasteiger partial charge in [0.15, 0.2) is 0 Å². The monoisotopic (exact) mass is 248 g/mol. The highest BCUT2D eigenvalue weighted by Crippen LogP contribution is 2.30. The molecule has 3 heteroatoms. The van der Waals surface area contributed by atoms with Gasteiger partial charge in [0.25, 0.3) is 0 Å². The molecule has 0 aromatic carbocycles. The minimum Gasteiger partial charge on any atom is -0.368 e. The van der Waals surface area contributed by atoms with E-state index in [0.29, 0.717) is 0 Å². The van der Waals surface area contributed by atoms with E-state index in [4.69, 9.17) is 0 Å². The van der Waals surface area contributed by atoms with Crippen LogP contribution in [0.4, 0.5) is 5.00 Å². The predicted octanol–water partition coefficient (Wildman–Crippen LogP) is 3.62. The Balaban J connectivity index is 2.06. The van der Waals surface area contributed by atoms with Crippen LogP contribution in [0.25, 0.3) is 0 Å². The van der Waals surface area contributed by atoms with Crippen molar-refractivity contribution in [3.05, 3.63) is 41.6 Å². The number of piperazine rings is 1. The lowest BCUT2D eigenvalue weighted by atomic mass is 10.2. The van der Waals surface area contributed by atoms with Crippen LogP contribution in [0.5, 0.6) is 0 Å². The molecule has 1 saturated heterocycles. The molecule has 0 N–H and O–H groups in total. The fourth-order valence-corrected chi connectivity index (χ4v) is 3.02. The van der Waals surface area contributed by atoms with Crippen LogP contribution < -0.4 is 4.90 Å². The van der Waals surface area contributed by atoms with E-state index in [2.05, 4.69) is 48.9 Å². The number of allylic oxidation sites excluding steroid dienone is 1. The van der Waals surface area contributed by atoms with Crippen LogP contribution in [-0.2, 0) is 0 Å². The van der Waals surface area contributed by atoms with E-state index in [1.165, 1.54) is 21.3 Å². The second-order valence-electron chi connectivity index (χ2n) is 4.44. The van der Waals surface area contributed by atoms with Crippen LogP contribution in [-0.4, -0.2) is 24.5 Å². The molecule has 1 aliphatic rings. The van der Waals surface area contributed by atoms with E-state index >= 15 is 0 Å². The Labute approximate surface area is 108 Å². The molecule has 1 fully saturated rings. The molecular weight excluding hydrogens is 228 g/mol. The Morgan fingerprint density at radius 3 is 2.71 bits per heavy atom. The van der Waals surface area contributed by atoms with Crippen molar-refractivity contribution in [3.63, 3.8) is 0 Å². The Morgan fingerprint density at radius 2 is 2.18 bits per heavy atom. The molecule has 2 rings (SSSR count). The van der Waals surface area contributed by atoms with Gasteiger partial charge >= 0.3 is 0 Å². The van der Waals surface area contributed by atoms with Gasteiger partial charge in [-0.15, -0.1) is 11.3 Å². The van der Waals surface area contributed by atoms with Crippen molar-refractivity contribution < 1.29 is 0 Å². The number of hydrogen-bond acceptors (Lipinski definition) is 3. The number of hydrogen-bond donors (Lipinski definition) is 0. The van der Waals surface area contributed by atoms with Gasteiger partial charge in [0, 0.05) is 29.4 Å². The molecule has 92 valence electrons. The second kappa shape index (κ2) is 4.96. The lowest BCUT2D eigenvalue weighted by Gasteiger charge is -2.38. The van der Waals surface area contributed by atoms with E-state index in [1.807, 2.05) is 11.3 Å². The first-order chi connectivity index (χ1) is 8.11. The highest BCUT2D eigenvalue weighted by atomic mass is 32.1. The van der Waals surface area contributed by atoms with Crippen molar-refractivity contribution in [2.75, 3.05) is 24.5 Å². The Hall–Kier alpha value is -1.22. The van der Waals surface area contributed by atoms with Crippen molar-refractivity contribution in [3.8, 4) is 0 Å². The van der Waals surface area contributed by atoms with Crippen LogP contribution in [0.15, 0.2) is 36.7 Å². The molecule has 0 radical (unpaired) electrons. The van der Waals surface area contributed by atoms with E-state index in [1.54, 1.807) is 0 Å². The molecule has 0 aliphatic carbocycles. The van der Waals surface area contributed by atoms with Crippen LogP contribution in [0.1, 0.15) is 18.2 Å². The fourth-order valence-electron chi connectivity index (χ4n) is 2.09. The zero-order chi connectivity index (χ0) is 12.4. The first kappa shape index (κ1) is 12.2. The van der Waals surface area contributed by atoms with Crippen LogP contribution in [0, 0.1) is 6.92 Å². The lowest BCUT2D eigenvalue weighted by Crippen LogP contribution is -2.43. The summed E-state index contributed by atoms with van der Waals surface area (Å²) in [5.74, 6) is 0. The predicted molar refractivity (Wildman–Crippen MR) is 76.5 cm³/mol. The molecule has 1 aromatic rings. The van der Waals surface area contributed by atoms with Gasteiger partial charge in [0.05, 0.1) is 11.5 Å². The average Bonchev–Trinajstić information content (AvgIpc) is 2.74. The van der Waals surface area contributed by atoms with Crippen LogP contribution >= 0.6 is 11.3 Å². The highest BCUT2D eigenvalue weighted by molar-refractivity contribution is 7.16. The fraction of sp³-hybridized carbons (Fsp3) is 0.429. The maximum atomic E-state index is 4.20. The summed E-state index contributed by atoms with van der Waals surface area (Å²) in [6.45, 7) is 15.6. The summed E-state index contributed by atoms with van der Waals surface area (Å²) in [6, 6.07) is 4.36. The van der Waals surface area contributed by atoms with Crippen LogP contribution in [0.2, 0.25) is 0 Å². The summed E-state index contributed by atoms with van der Waals surface area (Å²) in [7, 11) is 0. The SMILES string of the molecule is C=C(CC)N1CCN(c2ccc(C)s2)C(=C)C1. The smallest absolute Gasteiger partial charge is 0.0954 e. The third-order valence-corrected chi connectivity index (χ3v) is 4.22.